The second-order valence-corrected chi connectivity index (χ2v) is 7.30. The summed E-state index contributed by atoms with van der Waals surface area (Å²) >= 11 is 1.27. The lowest BCUT2D eigenvalue weighted by molar-refractivity contribution is 0.0689. The van der Waals surface area contributed by atoms with Crippen molar-refractivity contribution < 1.29 is 9.47 Å². The van der Waals surface area contributed by atoms with Gasteiger partial charge in [-0.25, -0.2) is 0 Å². The van der Waals surface area contributed by atoms with Crippen molar-refractivity contribution in [1.29, 1.82) is 0 Å². The maximum absolute atomic E-state index is 12.0. The van der Waals surface area contributed by atoms with Gasteiger partial charge in [0.2, 0.25) is 0 Å². The zero-order chi connectivity index (χ0) is 17.6. The van der Waals surface area contributed by atoms with Crippen LogP contribution in [0, 0.1) is 6.92 Å². The van der Waals surface area contributed by atoms with Gasteiger partial charge in [0.15, 0.2) is 0 Å². The highest BCUT2D eigenvalue weighted by molar-refractivity contribution is 7.07. The Labute approximate surface area is 152 Å². The molecule has 0 unspecified atom stereocenters. The number of hydrogen-bond acceptors (Lipinski definition) is 5. The van der Waals surface area contributed by atoms with Gasteiger partial charge in [-0.05, 0) is 25.8 Å². The Hall–Kier alpha value is -1.63. The first kappa shape index (κ1) is 18.2. The van der Waals surface area contributed by atoms with Crippen LogP contribution in [-0.4, -0.2) is 42.4 Å². The zero-order valence-corrected chi connectivity index (χ0v) is 15.8. The van der Waals surface area contributed by atoms with Gasteiger partial charge in [0.25, 0.3) is 0 Å². The molecule has 1 aliphatic heterocycles. The van der Waals surface area contributed by atoms with Crippen molar-refractivity contribution in [3.63, 3.8) is 0 Å². The molecule has 0 amide bonds. The van der Waals surface area contributed by atoms with E-state index in [1.54, 1.807) is 7.11 Å². The summed E-state index contributed by atoms with van der Waals surface area (Å²) in [5.41, 5.74) is 2.20. The van der Waals surface area contributed by atoms with Gasteiger partial charge >= 0.3 is 4.87 Å². The van der Waals surface area contributed by atoms with Crippen LogP contribution in [0.4, 0.5) is 0 Å². The van der Waals surface area contributed by atoms with E-state index in [0.29, 0.717) is 6.54 Å². The van der Waals surface area contributed by atoms with E-state index in [9.17, 15) is 4.79 Å². The normalized spacial score (nSPS) is 17.3. The third-order valence-electron chi connectivity index (χ3n) is 4.69. The van der Waals surface area contributed by atoms with E-state index < -0.39 is 0 Å². The number of methoxy groups -OCH3 is 1. The Kier molecular flexibility index (Phi) is 6.29. The molecule has 0 spiro atoms. The number of thiazole rings is 1. The van der Waals surface area contributed by atoms with E-state index in [0.717, 1.165) is 56.1 Å². The second kappa shape index (κ2) is 8.65. The largest absolute Gasteiger partial charge is 0.496 e. The minimum atomic E-state index is 0.117. The first-order valence-corrected chi connectivity index (χ1v) is 9.66. The van der Waals surface area contributed by atoms with Gasteiger partial charge in [-0.2, -0.15) is 0 Å². The van der Waals surface area contributed by atoms with Crippen LogP contribution >= 0.6 is 11.3 Å². The molecule has 136 valence electrons. The van der Waals surface area contributed by atoms with Crippen LogP contribution in [0.5, 0.6) is 5.75 Å². The van der Waals surface area contributed by atoms with Gasteiger partial charge < -0.3 is 14.0 Å². The van der Waals surface area contributed by atoms with Crippen molar-refractivity contribution >= 4 is 11.3 Å². The first-order chi connectivity index (χ1) is 12.2. The number of aromatic nitrogens is 1. The smallest absolute Gasteiger partial charge is 0.307 e. The van der Waals surface area contributed by atoms with Crippen molar-refractivity contribution in [2.75, 3.05) is 26.8 Å². The van der Waals surface area contributed by atoms with Crippen LogP contribution in [0.2, 0.25) is 0 Å². The molecule has 1 fully saturated rings. The monoisotopic (exact) mass is 362 g/mol. The summed E-state index contributed by atoms with van der Waals surface area (Å²) in [6.07, 6.45) is 2.53. The van der Waals surface area contributed by atoms with Crippen molar-refractivity contribution in [1.82, 2.24) is 9.47 Å². The number of rotatable bonds is 8. The fourth-order valence-corrected chi connectivity index (χ4v) is 4.06. The highest BCUT2D eigenvalue weighted by atomic mass is 32.1. The average Bonchev–Trinajstić information content (AvgIpc) is 3.24. The molecule has 1 aromatic carbocycles. The SMILES string of the molecule is COc1ccccc1CN(CCn1c(C)csc1=O)C[C@@H]1CCCO1. The summed E-state index contributed by atoms with van der Waals surface area (Å²) in [4.78, 5) is 14.5. The first-order valence-electron chi connectivity index (χ1n) is 8.78. The van der Waals surface area contributed by atoms with Gasteiger partial charge in [0.1, 0.15) is 5.75 Å². The van der Waals surface area contributed by atoms with E-state index in [1.807, 2.05) is 35.1 Å². The lowest BCUT2D eigenvalue weighted by Crippen LogP contribution is -2.35. The molecule has 5 nitrogen and oxygen atoms in total. The number of aryl methyl sites for hydroxylation is 1. The number of hydrogen-bond donors (Lipinski definition) is 0. The quantitative estimate of drug-likeness (QED) is 0.724. The molecule has 0 aliphatic carbocycles. The summed E-state index contributed by atoms with van der Waals surface area (Å²) in [6, 6.07) is 8.12. The highest BCUT2D eigenvalue weighted by Gasteiger charge is 2.20. The highest BCUT2D eigenvalue weighted by Crippen LogP contribution is 2.21. The van der Waals surface area contributed by atoms with E-state index in [4.69, 9.17) is 9.47 Å². The van der Waals surface area contributed by atoms with Crippen molar-refractivity contribution in [3.8, 4) is 5.75 Å². The van der Waals surface area contributed by atoms with Crippen LogP contribution in [-0.2, 0) is 17.8 Å². The van der Waals surface area contributed by atoms with E-state index in [-0.39, 0.29) is 11.0 Å². The fraction of sp³-hybridized carbons (Fsp3) is 0.526. The van der Waals surface area contributed by atoms with Gasteiger partial charge in [-0.1, -0.05) is 29.5 Å². The lowest BCUT2D eigenvalue weighted by Gasteiger charge is -2.26. The minimum Gasteiger partial charge on any atom is -0.496 e. The predicted molar refractivity (Wildman–Crippen MR) is 101 cm³/mol. The zero-order valence-electron chi connectivity index (χ0n) is 14.9. The Morgan fingerprint density at radius 2 is 2.24 bits per heavy atom. The molecule has 1 aromatic heterocycles. The summed E-state index contributed by atoms with van der Waals surface area (Å²) in [6.45, 7) is 6.04. The fourth-order valence-electron chi connectivity index (χ4n) is 3.30. The third-order valence-corrected chi connectivity index (χ3v) is 5.57. The molecule has 2 heterocycles. The van der Waals surface area contributed by atoms with Crippen LogP contribution in [0.15, 0.2) is 34.4 Å². The van der Waals surface area contributed by atoms with Crippen LogP contribution in [0.3, 0.4) is 0 Å². The standard InChI is InChI=1S/C19H26N2O3S/c1-15-14-25-19(22)21(15)10-9-20(13-17-7-5-11-24-17)12-16-6-3-4-8-18(16)23-2/h3-4,6,8,14,17H,5,7,9-13H2,1-2H3/t17-/m0/s1. The van der Waals surface area contributed by atoms with Gasteiger partial charge in [-0.15, -0.1) is 0 Å². The third kappa shape index (κ3) is 4.71. The molecule has 1 atom stereocenters. The molecule has 1 aliphatic rings. The molecular formula is C19H26N2O3S. The Morgan fingerprint density at radius 1 is 1.40 bits per heavy atom. The summed E-state index contributed by atoms with van der Waals surface area (Å²) < 4.78 is 13.2. The number of benzene rings is 1. The van der Waals surface area contributed by atoms with Crippen LogP contribution in [0.1, 0.15) is 24.1 Å². The average molecular weight is 362 g/mol. The molecule has 0 radical (unpaired) electrons. The van der Waals surface area contributed by atoms with Gasteiger partial charge in [0.05, 0.1) is 13.2 Å². The Balaban J connectivity index is 1.71. The maximum atomic E-state index is 12.0. The van der Waals surface area contributed by atoms with Crippen molar-refractivity contribution in [2.45, 2.75) is 39.0 Å². The molecule has 0 bridgehead atoms. The maximum Gasteiger partial charge on any atom is 0.307 e. The van der Waals surface area contributed by atoms with E-state index in [1.165, 1.54) is 11.3 Å². The van der Waals surface area contributed by atoms with Gasteiger partial charge in [0, 0.05) is 49.4 Å². The van der Waals surface area contributed by atoms with Gasteiger partial charge in [-0.3, -0.25) is 9.69 Å². The molecule has 1 saturated heterocycles. The molecule has 3 rings (SSSR count). The lowest BCUT2D eigenvalue weighted by atomic mass is 10.1. The molecule has 2 aromatic rings. The molecular weight excluding hydrogens is 336 g/mol. The van der Waals surface area contributed by atoms with Crippen LogP contribution in [0.25, 0.3) is 0 Å². The number of ether oxygens (including phenoxy) is 2. The Bertz CT molecular complexity index is 734. The van der Waals surface area contributed by atoms with E-state index in [2.05, 4.69) is 11.0 Å². The topological polar surface area (TPSA) is 43.7 Å². The molecule has 6 heteroatoms. The minimum absolute atomic E-state index is 0.117. The Morgan fingerprint density at radius 3 is 2.92 bits per heavy atom. The van der Waals surface area contributed by atoms with Crippen molar-refractivity contribution in [2.24, 2.45) is 0 Å². The van der Waals surface area contributed by atoms with Crippen LogP contribution < -0.4 is 9.61 Å². The molecule has 25 heavy (non-hydrogen) atoms. The summed E-state index contributed by atoms with van der Waals surface area (Å²) in [5, 5.41) is 1.92. The number of para-hydroxylation sites is 1. The van der Waals surface area contributed by atoms with Crippen molar-refractivity contribution in [3.05, 3.63) is 50.6 Å². The number of nitrogens with zero attached hydrogens (tertiary/aromatic N) is 2. The second-order valence-electron chi connectivity index (χ2n) is 6.48. The molecule has 0 saturated carbocycles. The van der Waals surface area contributed by atoms with E-state index >= 15 is 0 Å². The molecule has 0 N–H and O–H groups in total. The summed E-state index contributed by atoms with van der Waals surface area (Å²) in [5.74, 6) is 0.906. The predicted octanol–water partition coefficient (Wildman–Crippen LogP) is 2.91. The summed E-state index contributed by atoms with van der Waals surface area (Å²) in [7, 11) is 1.71.